The van der Waals surface area contributed by atoms with E-state index in [9.17, 15) is 4.79 Å². The third-order valence-corrected chi connectivity index (χ3v) is 4.24. The third kappa shape index (κ3) is 5.08. The summed E-state index contributed by atoms with van der Waals surface area (Å²) in [6.07, 6.45) is 0. The molecule has 24 heavy (non-hydrogen) atoms. The highest BCUT2D eigenvalue weighted by Gasteiger charge is 2.10. The van der Waals surface area contributed by atoms with Gasteiger partial charge in [0.2, 0.25) is 0 Å². The van der Waals surface area contributed by atoms with E-state index in [1.807, 2.05) is 56.3 Å². The number of amides is 1. The minimum Gasteiger partial charge on any atom is -0.322 e. The molecule has 0 heterocycles. The number of nitrogens with zero attached hydrogens (tertiary/aromatic N) is 1. The molecule has 0 bridgehead atoms. The largest absolute Gasteiger partial charge is 0.322 e. The van der Waals surface area contributed by atoms with Crippen LogP contribution in [-0.4, -0.2) is 23.9 Å². The van der Waals surface area contributed by atoms with Gasteiger partial charge in [-0.1, -0.05) is 44.2 Å². The van der Waals surface area contributed by atoms with Gasteiger partial charge < -0.3 is 5.32 Å². The molecule has 2 rings (SSSR count). The predicted molar refractivity (Wildman–Crippen MR) is 104 cm³/mol. The second-order valence-electron chi connectivity index (χ2n) is 5.88. The number of benzene rings is 2. The van der Waals surface area contributed by atoms with Crippen molar-refractivity contribution in [2.24, 2.45) is 0 Å². The van der Waals surface area contributed by atoms with E-state index in [1.165, 1.54) is 5.56 Å². The minimum atomic E-state index is -0.0585. The number of hydrogen-bond acceptors (Lipinski definition) is 2. The van der Waals surface area contributed by atoms with Crippen LogP contribution in [0.5, 0.6) is 0 Å². The summed E-state index contributed by atoms with van der Waals surface area (Å²) in [5.74, 6) is -0.0585. The lowest BCUT2D eigenvalue weighted by atomic mass is 10.1. The standard InChI is InChI=1S/C20H26N2O.ClH/c1-5-22(6-2)14-17-10-12-18(13-11-17)20(23)21-19-15(3)8-7-9-16(19)4;/h7-13H,5-6,14H2,1-4H3,(H,21,23);1H. The van der Waals surface area contributed by atoms with Gasteiger partial charge in [0.05, 0.1) is 0 Å². The Hall–Kier alpha value is -1.84. The smallest absolute Gasteiger partial charge is 0.255 e. The van der Waals surface area contributed by atoms with E-state index in [4.69, 9.17) is 0 Å². The van der Waals surface area contributed by atoms with Gasteiger partial charge in [0.25, 0.3) is 5.91 Å². The number of nitrogens with one attached hydrogen (secondary N) is 1. The molecule has 0 spiro atoms. The summed E-state index contributed by atoms with van der Waals surface area (Å²) < 4.78 is 0. The molecule has 4 heteroatoms. The fourth-order valence-corrected chi connectivity index (χ4v) is 2.66. The number of hydrogen-bond donors (Lipinski definition) is 1. The molecule has 1 N–H and O–H groups in total. The van der Waals surface area contributed by atoms with Crippen LogP contribution in [0.2, 0.25) is 0 Å². The van der Waals surface area contributed by atoms with Crippen molar-refractivity contribution in [1.82, 2.24) is 4.90 Å². The first kappa shape index (κ1) is 20.2. The predicted octanol–water partition coefficient (Wildman–Crippen LogP) is 4.82. The first-order chi connectivity index (χ1) is 11.0. The molecule has 0 unspecified atom stereocenters. The van der Waals surface area contributed by atoms with Crippen LogP contribution in [0.25, 0.3) is 0 Å². The van der Waals surface area contributed by atoms with Crippen molar-refractivity contribution in [3.63, 3.8) is 0 Å². The third-order valence-electron chi connectivity index (χ3n) is 4.24. The number of para-hydroxylation sites is 1. The summed E-state index contributed by atoms with van der Waals surface area (Å²) >= 11 is 0. The molecule has 1 amide bonds. The Morgan fingerprint density at radius 2 is 1.50 bits per heavy atom. The van der Waals surface area contributed by atoms with Gasteiger partial charge in [0, 0.05) is 17.8 Å². The maximum Gasteiger partial charge on any atom is 0.255 e. The van der Waals surface area contributed by atoms with Gasteiger partial charge >= 0.3 is 0 Å². The van der Waals surface area contributed by atoms with Gasteiger partial charge in [-0.05, 0) is 55.8 Å². The Labute approximate surface area is 151 Å². The van der Waals surface area contributed by atoms with Crippen molar-refractivity contribution in [3.05, 3.63) is 64.7 Å². The fraction of sp³-hybridized carbons (Fsp3) is 0.350. The molecule has 0 radical (unpaired) electrons. The zero-order valence-electron chi connectivity index (χ0n) is 14.9. The van der Waals surface area contributed by atoms with Crippen molar-refractivity contribution >= 4 is 24.0 Å². The maximum atomic E-state index is 12.4. The normalized spacial score (nSPS) is 10.4. The molecule has 0 saturated carbocycles. The van der Waals surface area contributed by atoms with E-state index in [0.717, 1.165) is 36.4 Å². The van der Waals surface area contributed by atoms with E-state index in [2.05, 4.69) is 24.1 Å². The Bertz CT molecular complexity index is 644. The van der Waals surface area contributed by atoms with Crippen LogP contribution in [0, 0.1) is 13.8 Å². The number of anilines is 1. The van der Waals surface area contributed by atoms with E-state index < -0.39 is 0 Å². The second kappa shape index (κ2) is 9.45. The Kier molecular flexibility index (Phi) is 7.96. The van der Waals surface area contributed by atoms with Gasteiger partial charge in [-0.3, -0.25) is 9.69 Å². The van der Waals surface area contributed by atoms with E-state index in [-0.39, 0.29) is 18.3 Å². The van der Waals surface area contributed by atoms with Crippen LogP contribution < -0.4 is 5.32 Å². The summed E-state index contributed by atoms with van der Waals surface area (Å²) in [5, 5.41) is 3.03. The van der Waals surface area contributed by atoms with Crippen LogP contribution in [0.4, 0.5) is 5.69 Å². The number of halogens is 1. The van der Waals surface area contributed by atoms with Crippen molar-refractivity contribution in [3.8, 4) is 0 Å². The van der Waals surface area contributed by atoms with Crippen molar-refractivity contribution in [2.75, 3.05) is 18.4 Å². The number of carbonyl (C=O) groups is 1. The highest BCUT2D eigenvalue weighted by molar-refractivity contribution is 6.05. The van der Waals surface area contributed by atoms with E-state index in [1.54, 1.807) is 0 Å². The monoisotopic (exact) mass is 346 g/mol. The summed E-state index contributed by atoms with van der Waals surface area (Å²) in [4.78, 5) is 14.8. The van der Waals surface area contributed by atoms with Crippen LogP contribution >= 0.6 is 12.4 Å². The average molecular weight is 347 g/mol. The quantitative estimate of drug-likeness (QED) is 0.813. The van der Waals surface area contributed by atoms with Crippen molar-refractivity contribution in [2.45, 2.75) is 34.2 Å². The molecule has 0 aromatic heterocycles. The lowest BCUT2D eigenvalue weighted by Gasteiger charge is -2.18. The number of rotatable bonds is 6. The molecule has 0 fully saturated rings. The lowest BCUT2D eigenvalue weighted by molar-refractivity contribution is 0.102. The van der Waals surface area contributed by atoms with E-state index in [0.29, 0.717) is 5.56 Å². The number of carbonyl (C=O) groups excluding carboxylic acids is 1. The van der Waals surface area contributed by atoms with Gasteiger partial charge in [0.1, 0.15) is 0 Å². The number of aryl methyl sites for hydroxylation is 2. The zero-order chi connectivity index (χ0) is 16.8. The van der Waals surface area contributed by atoms with Crippen LogP contribution in [0.15, 0.2) is 42.5 Å². The molecular formula is C20H27ClN2O. The minimum absolute atomic E-state index is 0. The van der Waals surface area contributed by atoms with Crippen LogP contribution in [-0.2, 0) is 6.54 Å². The highest BCUT2D eigenvalue weighted by atomic mass is 35.5. The average Bonchev–Trinajstić information content (AvgIpc) is 2.56. The molecule has 2 aromatic carbocycles. The van der Waals surface area contributed by atoms with Gasteiger partial charge in [-0.25, -0.2) is 0 Å². The second-order valence-corrected chi connectivity index (χ2v) is 5.88. The first-order valence-electron chi connectivity index (χ1n) is 8.24. The Balaban J connectivity index is 0.00000288. The molecular weight excluding hydrogens is 320 g/mol. The van der Waals surface area contributed by atoms with E-state index >= 15 is 0 Å². The van der Waals surface area contributed by atoms with Gasteiger partial charge in [0.15, 0.2) is 0 Å². The molecule has 0 atom stereocenters. The molecule has 3 nitrogen and oxygen atoms in total. The fourth-order valence-electron chi connectivity index (χ4n) is 2.66. The Morgan fingerprint density at radius 1 is 0.958 bits per heavy atom. The zero-order valence-corrected chi connectivity index (χ0v) is 15.7. The molecule has 2 aromatic rings. The highest BCUT2D eigenvalue weighted by Crippen LogP contribution is 2.20. The van der Waals surface area contributed by atoms with Crippen molar-refractivity contribution < 1.29 is 4.79 Å². The summed E-state index contributed by atoms with van der Waals surface area (Å²) in [5.41, 5.74) is 4.99. The van der Waals surface area contributed by atoms with Gasteiger partial charge in [-0.2, -0.15) is 0 Å². The molecule has 130 valence electrons. The Morgan fingerprint density at radius 3 is 2.00 bits per heavy atom. The van der Waals surface area contributed by atoms with Crippen molar-refractivity contribution in [1.29, 1.82) is 0 Å². The maximum absolute atomic E-state index is 12.4. The molecule has 0 saturated heterocycles. The molecule has 0 aliphatic carbocycles. The van der Waals surface area contributed by atoms with Crippen LogP contribution in [0.1, 0.15) is 40.9 Å². The molecule has 0 aliphatic heterocycles. The topological polar surface area (TPSA) is 32.3 Å². The summed E-state index contributed by atoms with van der Waals surface area (Å²) in [6.45, 7) is 11.3. The first-order valence-corrected chi connectivity index (χ1v) is 8.24. The summed E-state index contributed by atoms with van der Waals surface area (Å²) in [7, 11) is 0. The lowest BCUT2D eigenvalue weighted by Crippen LogP contribution is -2.22. The van der Waals surface area contributed by atoms with Crippen LogP contribution in [0.3, 0.4) is 0 Å². The SMILES string of the molecule is CCN(CC)Cc1ccc(C(=O)Nc2c(C)cccc2C)cc1.Cl. The summed E-state index contributed by atoms with van der Waals surface area (Å²) in [6, 6.07) is 13.9. The van der Waals surface area contributed by atoms with Gasteiger partial charge in [-0.15, -0.1) is 12.4 Å². The molecule has 0 aliphatic rings.